The summed E-state index contributed by atoms with van der Waals surface area (Å²) in [5, 5.41) is 0. The molecule has 0 atom stereocenters. The third-order valence-corrected chi connectivity index (χ3v) is 2.30. The molecule has 1 radical (unpaired) electrons. The van der Waals surface area contributed by atoms with E-state index in [2.05, 4.69) is 26.6 Å². The van der Waals surface area contributed by atoms with E-state index in [1.54, 1.807) is 0 Å². The van der Waals surface area contributed by atoms with Crippen LogP contribution in [0.2, 0.25) is 19.1 Å². The zero-order valence-electron chi connectivity index (χ0n) is 6.12. The number of allylic oxidation sites excluding steroid dienone is 1. The molecule has 1 heteroatoms. The van der Waals surface area contributed by atoms with Gasteiger partial charge in [-0.1, -0.05) is 24.7 Å². The quantitative estimate of drug-likeness (QED) is 0.404. The van der Waals surface area contributed by atoms with Gasteiger partial charge < -0.3 is 0 Å². The Morgan fingerprint density at radius 2 is 2.00 bits per heavy atom. The van der Waals surface area contributed by atoms with E-state index in [0.29, 0.717) is 0 Å². The molecule has 0 saturated carbocycles. The van der Waals surface area contributed by atoms with E-state index in [1.807, 2.05) is 0 Å². The first kappa shape index (κ1) is 7.96. The van der Waals surface area contributed by atoms with E-state index in [1.165, 1.54) is 18.0 Å². The molecule has 0 rings (SSSR count). The molecule has 0 fully saturated rings. The molecule has 0 aliphatic rings. The monoisotopic (exact) mass is 127 g/mol. The van der Waals surface area contributed by atoms with Crippen LogP contribution in [0.3, 0.4) is 0 Å². The Kier molecular flexibility index (Phi) is 3.88. The highest BCUT2D eigenvalue weighted by Gasteiger charge is 1.93. The third-order valence-electron chi connectivity index (χ3n) is 1.05. The van der Waals surface area contributed by atoms with E-state index in [9.17, 15) is 0 Å². The summed E-state index contributed by atoms with van der Waals surface area (Å²) in [7, 11) is 0.00936. The van der Waals surface area contributed by atoms with Crippen LogP contribution in [-0.4, -0.2) is 8.80 Å². The lowest BCUT2D eigenvalue weighted by Crippen LogP contribution is -1.97. The lowest BCUT2D eigenvalue weighted by Gasteiger charge is -1.99. The third kappa shape index (κ3) is 5.96. The maximum atomic E-state index is 3.84. The van der Waals surface area contributed by atoms with Crippen LogP contribution in [-0.2, 0) is 0 Å². The van der Waals surface area contributed by atoms with Gasteiger partial charge in [0.05, 0.1) is 0 Å². The minimum atomic E-state index is 0.00936. The summed E-state index contributed by atoms with van der Waals surface area (Å²) < 4.78 is 0. The Hall–Kier alpha value is -0.0431. The minimum Gasteiger partial charge on any atom is -0.100 e. The Morgan fingerprint density at radius 3 is 2.12 bits per heavy atom. The first-order chi connectivity index (χ1) is 3.63. The summed E-state index contributed by atoms with van der Waals surface area (Å²) in [6, 6.07) is 1.39. The van der Waals surface area contributed by atoms with Gasteiger partial charge in [0.15, 0.2) is 0 Å². The molecule has 0 heterocycles. The Bertz CT molecular complexity index is 74.5. The topological polar surface area (TPSA) is 0 Å². The van der Waals surface area contributed by atoms with Gasteiger partial charge in [0, 0.05) is 8.80 Å². The average molecular weight is 127 g/mol. The summed E-state index contributed by atoms with van der Waals surface area (Å²) in [4.78, 5) is 0. The Balaban J connectivity index is 3.05. The van der Waals surface area contributed by atoms with Crippen molar-refractivity contribution in [2.24, 2.45) is 0 Å². The fourth-order valence-corrected chi connectivity index (χ4v) is 1.39. The maximum absolute atomic E-state index is 3.84. The molecular formula is C7H15Si. The summed E-state index contributed by atoms with van der Waals surface area (Å²) in [6.07, 6.45) is 1.24. The van der Waals surface area contributed by atoms with Crippen LogP contribution in [0.15, 0.2) is 12.2 Å². The molecule has 0 aliphatic heterocycles. The normalized spacial score (nSPS) is 10.0. The van der Waals surface area contributed by atoms with E-state index in [-0.39, 0.29) is 8.80 Å². The van der Waals surface area contributed by atoms with Gasteiger partial charge in [-0.05, 0) is 13.3 Å². The fraction of sp³-hybridized carbons (Fsp3) is 0.714. The Morgan fingerprint density at radius 1 is 1.50 bits per heavy atom. The summed E-state index contributed by atoms with van der Waals surface area (Å²) in [6.45, 7) is 10.6. The molecule has 0 nitrogen and oxygen atoms in total. The predicted octanol–water partition coefficient (Wildman–Crippen LogP) is 2.71. The standard InChI is InChI=1S/C7H15Si/c1-7(2)5-6-8(3)4/h1,5-6H2,2-4H3. The van der Waals surface area contributed by atoms with Crippen LogP contribution >= 0.6 is 0 Å². The molecule has 8 heavy (non-hydrogen) atoms. The lowest BCUT2D eigenvalue weighted by molar-refractivity contribution is 1.09. The van der Waals surface area contributed by atoms with Crippen LogP contribution in [0.25, 0.3) is 0 Å². The van der Waals surface area contributed by atoms with Gasteiger partial charge in [0.1, 0.15) is 0 Å². The molecule has 0 aromatic carbocycles. The van der Waals surface area contributed by atoms with Crippen molar-refractivity contribution in [2.45, 2.75) is 32.5 Å². The van der Waals surface area contributed by atoms with Crippen molar-refractivity contribution in [3.63, 3.8) is 0 Å². The number of hydrogen-bond donors (Lipinski definition) is 0. The van der Waals surface area contributed by atoms with Gasteiger partial charge in [-0.2, -0.15) is 0 Å². The van der Waals surface area contributed by atoms with Crippen molar-refractivity contribution < 1.29 is 0 Å². The fourth-order valence-electron chi connectivity index (χ4n) is 0.463. The van der Waals surface area contributed by atoms with Crippen LogP contribution in [0, 0.1) is 0 Å². The van der Waals surface area contributed by atoms with Gasteiger partial charge in [-0.3, -0.25) is 0 Å². The van der Waals surface area contributed by atoms with Crippen LogP contribution < -0.4 is 0 Å². The van der Waals surface area contributed by atoms with Gasteiger partial charge >= 0.3 is 0 Å². The smallest absolute Gasteiger partial charge is 0.0416 e. The van der Waals surface area contributed by atoms with E-state index in [4.69, 9.17) is 0 Å². The zero-order chi connectivity index (χ0) is 6.57. The van der Waals surface area contributed by atoms with Gasteiger partial charge in [-0.15, -0.1) is 6.58 Å². The highest BCUT2D eigenvalue weighted by atomic mass is 28.3. The molecule has 0 spiro atoms. The molecule has 0 aliphatic carbocycles. The van der Waals surface area contributed by atoms with E-state index < -0.39 is 0 Å². The first-order valence-corrected chi connectivity index (χ1v) is 5.77. The molecule has 0 bridgehead atoms. The van der Waals surface area contributed by atoms with Crippen molar-refractivity contribution in [1.82, 2.24) is 0 Å². The molecule has 0 aromatic rings. The highest BCUT2D eigenvalue weighted by Crippen LogP contribution is 2.03. The first-order valence-electron chi connectivity index (χ1n) is 3.06. The van der Waals surface area contributed by atoms with Gasteiger partial charge in [0.25, 0.3) is 0 Å². The van der Waals surface area contributed by atoms with Gasteiger partial charge in [-0.25, -0.2) is 0 Å². The van der Waals surface area contributed by atoms with Gasteiger partial charge in [0.2, 0.25) is 0 Å². The molecule has 0 unspecified atom stereocenters. The van der Waals surface area contributed by atoms with Crippen molar-refractivity contribution in [3.05, 3.63) is 12.2 Å². The van der Waals surface area contributed by atoms with E-state index in [0.717, 1.165) is 0 Å². The summed E-state index contributed by atoms with van der Waals surface area (Å²) in [5.41, 5.74) is 1.33. The predicted molar refractivity (Wildman–Crippen MR) is 41.7 cm³/mol. The molecule has 0 saturated heterocycles. The van der Waals surface area contributed by atoms with Crippen molar-refractivity contribution in [2.75, 3.05) is 0 Å². The molecule has 0 aromatic heterocycles. The number of rotatable bonds is 3. The highest BCUT2D eigenvalue weighted by molar-refractivity contribution is 6.55. The Labute approximate surface area is 54.2 Å². The second kappa shape index (κ2) is 3.90. The molecule has 0 N–H and O–H groups in total. The van der Waals surface area contributed by atoms with Crippen molar-refractivity contribution in [3.8, 4) is 0 Å². The van der Waals surface area contributed by atoms with Crippen LogP contribution in [0.1, 0.15) is 13.3 Å². The second-order valence-electron chi connectivity index (χ2n) is 2.66. The van der Waals surface area contributed by atoms with Crippen molar-refractivity contribution >= 4 is 8.80 Å². The SMILES string of the molecule is C=C(C)CC[Si](C)C. The van der Waals surface area contributed by atoms with Crippen molar-refractivity contribution in [1.29, 1.82) is 0 Å². The molecule has 47 valence electrons. The van der Waals surface area contributed by atoms with Crippen LogP contribution in [0.4, 0.5) is 0 Å². The summed E-state index contributed by atoms with van der Waals surface area (Å²) >= 11 is 0. The maximum Gasteiger partial charge on any atom is 0.0416 e. The lowest BCUT2D eigenvalue weighted by atomic mass is 10.3. The molecule has 0 amide bonds. The minimum absolute atomic E-state index is 0.00936. The molecular weight excluding hydrogens is 112 g/mol. The largest absolute Gasteiger partial charge is 0.100 e. The second-order valence-corrected chi connectivity index (χ2v) is 5.58. The van der Waals surface area contributed by atoms with E-state index >= 15 is 0 Å². The number of hydrogen-bond acceptors (Lipinski definition) is 0. The average Bonchev–Trinajstić information content (AvgIpc) is 1.61. The summed E-state index contributed by atoms with van der Waals surface area (Å²) in [5.74, 6) is 0. The zero-order valence-corrected chi connectivity index (χ0v) is 7.12. The van der Waals surface area contributed by atoms with Crippen LogP contribution in [0.5, 0.6) is 0 Å².